The predicted molar refractivity (Wildman–Crippen MR) is 225 cm³/mol. The molecule has 0 aliphatic carbocycles. The fourth-order valence-corrected chi connectivity index (χ4v) is 10.6. The fraction of sp³-hybridized carbons (Fsp3) is 0.521. The van der Waals surface area contributed by atoms with Crippen molar-refractivity contribution in [2.24, 2.45) is 17.8 Å². The van der Waals surface area contributed by atoms with Gasteiger partial charge in [-0.25, -0.2) is 0 Å². The Morgan fingerprint density at radius 2 is 1.53 bits per heavy atom. The van der Waals surface area contributed by atoms with Gasteiger partial charge in [-0.3, -0.25) is 9.69 Å². The number of rotatable bonds is 14. The van der Waals surface area contributed by atoms with Gasteiger partial charge in [0.1, 0.15) is 5.58 Å². The first-order valence-electron chi connectivity index (χ1n) is 21.5. The minimum atomic E-state index is -0.676. The van der Waals surface area contributed by atoms with E-state index in [0.29, 0.717) is 55.7 Å². The molecule has 0 spiro atoms. The van der Waals surface area contributed by atoms with Gasteiger partial charge in [-0.1, -0.05) is 31.5 Å². The smallest absolute Gasteiger partial charge is 0.289 e. The Kier molecular flexibility index (Phi) is 12.4. The lowest BCUT2D eigenvalue weighted by molar-refractivity contribution is -0.171. The average Bonchev–Trinajstić information content (AvgIpc) is 3.71. The lowest BCUT2D eigenvalue weighted by atomic mass is 9.72. The number of amides is 1. The van der Waals surface area contributed by atoms with Gasteiger partial charge >= 0.3 is 0 Å². The number of para-hydroxylation sites is 1. The minimum Gasteiger partial charge on any atom is -0.493 e. The van der Waals surface area contributed by atoms with E-state index in [1.807, 2.05) is 36.1 Å². The molecule has 1 fully saturated rings. The number of nitrogens with zero attached hydrogens (tertiary/aromatic N) is 2. The summed E-state index contributed by atoms with van der Waals surface area (Å²) in [7, 11) is 6.73. The van der Waals surface area contributed by atoms with Gasteiger partial charge in [0.25, 0.3) is 5.91 Å². The van der Waals surface area contributed by atoms with Crippen LogP contribution in [0.1, 0.15) is 91.8 Å². The number of fused-ring (bicyclic) bond motifs is 5. The van der Waals surface area contributed by atoms with E-state index >= 15 is 4.79 Å². The molecule has 4 aliphatic heterocycles. The van der Waals surface area contributed by atoms with Gasteiger partial charge in [-0.2, -0.15) is 0 Å². The Labute approximate surface area is 348 Å². The molecule has 11 heteroatoms. The van der Waals surface area contributed by atoms with E-state index in [1.54, 1.807) is 34.7 Å². The average molecular weight is 809 g/mol. The topological polar surface area (TPSA) is 112 Å². The van der Waals surface area contributed by atoms with E-state index in [-0.39, 0.29) is 42.2 Å². The van der Waals surface area contributed by atoms with Crippen molar-refractivity contribution in [1.82, 2.24) is 9.80 Å². The van der Waals surface area contributed by atoms with Gasteiger partial charge in [0.05, 0.1) is 40.7 Å². The highest BCUT2D eigenvalue weighted by atomic mass is 16.7. The molecule has 1 amide bonds. The molecule has 0 saturated carbocycles. The highest BCUT2D eigenvalue weighted by Gasteiger charge is 2.45. The maximum Gasteiger partial charge on any atom is 0.289 e. The summed E-state index contributed by atoms with van der Waals surface area (Å²) in [6, 6.07) is 16.5. The number of ether oxygens (including phenoxy) is 6. The molecule has 3 aromatic carbocycles. The summed E-state index contributed by atoms with van der Waals surface area (Å²) in [6.07, 6.45) is 8.81. The third-order valence-electron chi connectivity index (χ3n) is 13.6. The largest absolute Gasteiger partial charge is 0.493 e. The fourth-order valence-electron chi connectivity index (χ4n) is 10.6. The first kappa shape index (κ1) is 41.0. The van der Waals surface area contributed by atoms with Crippen LogP contribution < -0.4 is 18.9 Å². The van der Waals surface area contributed by atoms with Crippen LogP contribution in [-0.2, 0) is 27.1 Å². The number of furan rings is 1. The molecule has 0 unspecified atom stereocenters. The first-order valence-corrected chi connectivity index (χ1v) is 21.5. The van der Waals surface area contributed by atoms with E-state index in [4.69, 9.17) is 32.8 Å². The number of carbonyl (C=O) groups is 1. The van der Waals surface area contributed by atoms with Gasteiger partial charge in [-0.15, -0.1) is 0 Å². The number of methoxy groups -OCH3 is 4. The Balaban J connectivity index is 1.18. The summed E-state index contributed by atoms with van der Waals surface area (Å²) in [5, 5.41) is 10.9. The maximum atomic E-state index is 15.3. The van der Waals surface area contributed by atoms with Crippen LogP contribution in [0.2, 0.25) is 0 Å². The SMILES string of the molecule is CCO[C@@H]1OC(C(=O)N2CCc3cc(OC)c(OC)cc3[C@H]2C[C@H]2C[C@H]3c4cc(OC)c(OC)cc4CCN3C[C@@H]2CC)=C[C@H](c2coc3ccccc23)[C@@H]1CCCO. The van der Waals surface area contributed by atoms with Crippen LogP contribution in [0.5, 0.6) is 23.0 Å². The number of allylic oxidation sites excluding steroid dienone is 1. The van der Waals surface area contributed by atoms with Crippen molar-refractivity contribution in [2.45, 2.75) is 83.1 Å². The minimum absolute atomic E-state index is 0.0542. The van der Waals surface area contributed by atoms with E-state index in [1.165, 1.54) is 16.7 Å². The molecule has 4 aromatic rings. The quantitative estimate of drug-likeness (QED) is 0.133. The van der Waals surface area contributed by atoms with Crippen molar-refractivity contribution < 1.29 is 42.7 Å². The predicted octanol–water partition coefficient (Wildman–Crippen LogP) is 8.38. The molecule has 7 atom stereocenters. The number of aliphatic hydroxyl groups excluding tert-OH is 1. The van der Waals surface area contributed by atoms with Crippen molar-refractivity contribution in [3.63, 3.8) is 0 Å². The van der Waals surface area contributed by atoms with Crippen LogP contribution >= 0.6 is 0 Å². The second-order valence-corrected chi connectivity index (χ2v) is 16.5. The number of hydrogen-bond acceptors (Lipinski definition) is 10. The summed E-state index contributed by atoms with van der Waals surface area (Å²) in [6.45, 7) is 7.25. The molecule has 0 radical (unpaired) electrons. The second-order valence-electron chi connectivity index (χ2n) is 16.5. The van der Waals surface area contributed by atoms with Gasteiger partial charge < -0.3 is 42.8 Å². The summed E-state index contributed by atoms with van der Waals surface area (Å²) < 4.78 is 42.2. The van der Waals surface area contributed by atoms with Crippen molar-refractivity contribution in [3.05, 3.63) is 94.4 Å². The molecule has 4 aliphatic rings. The lowest BCUT2D eigenvalue weighted by Crippen LogP contribution is -2.48. The molecular weight excluding hydrogens is 749 g/mol. The van der Waals surface area contributed by atoms with Crippen LogP contribution in [0.4, 0.5) is 0 Å². The van der Waals surface area contributed by atoms with Crippen LogP contribution in [0.25, 0.3) is 11.0 Å². The molecule has 5 heterocycles. The summed E-state index contributed by atoms with van der Waals surface area (Å²) in [4.78, 5) is 20.0. The van der Waals surface area contributed by atoms with Crippen molar-refractivity contribution >= 4 is 16.9 Å². The Morgan fingerprint density at radius 1 is 0.847 bits per heavy atom. The molecule has 59 heavy (non-hydrogen) atoms. The standard InChI is InChI=1S/C48H60N2O9/c1-7-29-27-49-17-15-30-22-42(53-3)44(55-5)24-35(30)39(49)20-32(29)21-40-36-25-45(56-6)43(54-4)23-31(36)16-18-50(40)47(52)46-26-37(34(13-11-19-51)48(59-46)57-8-2)38-28-58-41-14-10-9-12-33(38)41/h9-10,12,14,22-26,28-29,32,34,37,39-40,48,51H,7-8,11,13,15-21,27H2,1-6H3/t29-,32+,34-,37-,39-,40+,48+/m0/s1. The monoisotopic (exact) mass is 808 g/mol. The van der Waals surface area contributed by atoms with E-state index in [0.717, 1.165) is 72.4 Å². The zero-order chi connectivity index (χ0) is 41.2. The normalized spacial score (nSPS) is 25.3. The zero-order valence-corrected chi connectivity index (χ0v) is 35.4. The molecule has 8 rings (SSSR count). The summed E-state index contributed by atoms with van der Waals surface area (Å²) >= 11 is 0. The number of piperidine rings is 1. The first-order chi connectivity index (χ1) is 28.8. The molecule has 1 N–H and O–H groups in total. The van der Waals surface area contributed by atoms with Gasteiger partial charge in [0.2, 0.25) is 6.29 Å². The Morgan fingerprint density at radius 3 is 2.22 bits per heavy atom. The molecule has 316 valence electrons. The molecule has 0 bridgehead atoms. The lowest BCUT2D eigenvalue weighted by Gasteiger charge is -2.49. The second kappa shape index (κ2) is 17.9. The van der Waals surface area contributed by atoms with Crippen LogP contribution in [0.15, 0.2) is 71.0 Å². The summed E-state index contributed by atoms with van der Waals surface area (Å²) in [5.74, 6) is 3.41. The molecule has 1 aromatic heterocycles. The van der Waals surface area contributed by atoms with Gasteiger partial charge in [0, 0.05) is 61.7 Å². The third kappa shape index (κ3) is 7.77. The number of hydrogen-bond donors (Lipinski definition) is 1. The molecule has 11 nitrogen and oxygen atoms in total. The van der Waals surface area contributed by atoms with Crippen LogP contribution in [-0.4, -0.2) is 88.4 Å². The highest BCUT2D eigenvalue weighted by molar-refractivity contribution is 5.93. The van der Waals surface area contributed by atoms with Crippen LogP contribution in [0.3, 0.4) is 0 Å². The number of carbonyl (C=O) groups excluding carboxylic acids is 1. The summed E-state index contributed by atoms with van der Waals surface area (Å²) in [5.41, 5.74) is 6.66. The van der Waals surface area contributed by atoms with Crippen molar-refractivity contribution in [1.29, 1.82) is 0 Å². The number of aliphatic hydroxyl groups is 1. The van der Waals surface area contributed by atoms with Gasteiger partial charge in [0.15, 0.2) is 28.8 Å². The maximum absolute atomic E-state index is 15.3. The Hall–Kier alpha value is -4.71. The van der Waals surface area contributed by atoms with Crippen molar-refractivity contribution in [2.75, 3.05) is 61.3 Å². The molecular formula is C48H60N2O9. The van der Waals surface area contributed by atoms with Gasteiger partial charge in [-0.05, 0) is 116 Å². The Bertz CT molecular complexity index is 2150. The molecule has 1 saturated heterocycles. The van der Waals surface area contributed by atoms with Crippen molar-refractivity contribution in [3.8, 4) is 23.0 Å². The number of benzene rings is 3. The third-order valence-corrected chi connectivity index (χ3v) is 13.6. The zero-order valence-electron chi connectivity index (χ0n) is 35.4. The highest BCUT2D eigenvalue weighted by Crippen LogP contribution is 2.50. The van der Waals surface area contributed by atoms with Crippen LogP contribution in [0, 0.1) is 17.8 Å². The van der Waals surface area contributed by atoms with E-state index in [9.17, 15) is 5.11 Å². The van der Waals surface area contributed by atoms with E-state index < -0.39 is 6.29 Å². The van der Waals surface area contributed by atoms with E-state index in [2.05, 4.69) is 42.2 Å².